The van der Waals surface area contributed by atoms with Gasteiger partial charge < -0.3 is 10.1 Å². The van der Waals surface area contributed by atoms with Gasteiger partial charge in [-0.15, -0.1) is 0 Å². The molecule has 0 amide bonds. The molecular formula is C16H25NO. The first-order valence-electron chi connectivity index (χ1n) is 6.99. The van der Waals surface area contributed by atoms with Gasteiger partial charge in [-0.3, -0.25) is 0 Å². The van der Waals surface area contributed by atoms with Crippen LogP contribution in [0.4, 0.5) is 0 Å². The van der Waals surface area contributed by atoms with E-state index in [9.17, 15) is 0 Å². The molecule has 1 aliphatic rings. The number of ether oxygens (including phenoxy) is 1. The van der Waals surface area contributed by atoms with E-state index in [0.717, 1.165) is 26.0 Å². The molecule has 1 saturated heterocycles. The first-order chi connectivity index (χ1) is 8.53. The highest BCUT2D eigenvalue weighted by molar-refractivity contribution is 5.32. The Hall–Kier alpha value is -0.860. The van der Waals surface area contributed by atoms with Crippen molar-refractivity contribution in [3.8, 4) is 0 Å². The minimum atomic E-state index is -0.137. The molecule has 2 unspecified atom stereocenters. The van der Waals surface area contributed by atoms with E-state index in [1.54, 1.807) is 0 Å². The van der Waals surface area contributed by atoms with Gasteiger partial charge >= 0.3 is 0 Å². The summed E-state index contributed by atoms with van der Waals surface area (Å²) in [7, 11) is 0. The van der Waals surface area contributed by atoms with Gasteiger partial charge in [0.2, 0.25) is 0 Å². The van der Waals surface area contributed by atoms with Gasteiger partial charge in [-0.25, -0.2) is 0 Å². The quantitative estimate of drug-likeness (QED) is 0.885. The van der Waals surface area contributed by atoms with Crippen molar-refractivity contribution in [2.75, 3.05) is 13.2 Å². The number of hydrogen-bond donors (Lipinski definition) is 1. The molecule has 1 aliphatic heterocycles. The second kappa shape index (κ2) is 5.41. The lowest BCUT2D eigenvalue weighted by molar-refractivity contribution is -0.0811. The molecule has 0 aliphatic carbocycles. The molecule has 2 heteroatoms. The van der Waals surface area contributed by atoms with Crippen molar-refractivity contribution < 1.29 is 4.74 Å². The number of aryl methyl sites for hydroxylation is 2. The lowest BCUT2D eigenvalue weighted by atomic mass is 9.84. The average molecular weight is 247 g/mol. The minimum Gasteiger partial charge on any atom is -0.370 e. The maximum absolute atomic E-state index is 6.10. The summed E-state index contributed by atoms with van der Waals surface area (Å²) in [6.45, 7) is 10.6. The highest BCUT2D eigenvalue weighted by Crippen LogP contribution is 2.35. The molecule has 1 heterocycles. The SMILES string of the molecule is CCNC1CCOC(C)(c2cc(C)cc(C)c2)C1. The predicted octanol–water partition coefficient (Wildman–Crippen LogP) is 3.31. The molecular weight excluding hydrogens is 222 g/mol. The van der Waals surface area contributed by atoms with Gasteiger partial charge in [-0.05, 0) is 45.7 Å². The summed E-state index contributed by atoms with van der Waals surface area (Å²) >= 11 is 0. The monoisotopic (exact) mass is 247 g/mol. The molecule has 0 radical (unpaired) electrons. The average Bonchev–Trinajstić information content (AvgIpc) is 2.28. The predicted molar refractivity (Wildman–Crippen MR) is 75.9 cm³/mol. The Bertz CT molecular complexity index is 393. The third kappa shape index (κ3) is 2.93. The molecule has 1 N–H and O–H groups in total. The van der Waals surface area contributed by atoms with Crippen molar-refractivity contribution in [1.82, 2.24) is 5.32 Å². The number of rotatable bonds is 3. The van der Waals surface area contributed by atoms with Crippen LogP contribution in [-0.2, 0) is 10.3 Å². The highest BCUT2D eigenvalue weighted by Gasteiger charge is 2.34. The summed E-state index contributed by atoms with van der Waals surface area (Å²) in [5, 5.41) is 3.56. The van der Waals surface area contributed by atoms with E-state index >= 15 is 0 Å². The molecule has 2 atom stereocenters. The fourth-order valence-electron chi connectivity index (χ4n) is 3.00. The number of benzene rings is 1. The van der Waals surface area contributed by atoms with Gasteiger partial charge in [-0.2, -0.15) is 0 Å². The largest absolute Gasteiger partial charge is 0.370 e. The van der Waals surface area contributed by atoms with Gasteiger partial charge in [0.15, 0.2) is 0 Å². The van der Waals surface area contributed by atoms with Crippen molar-refractivity contribution in [2.24, 2.45) is 0 Å². The summed E-state index contributed by atoms with van der Waals surface area (Å²) in [5.41, 5.74) is 3.82. The molecule has 2 rings (SSSR count). The van der Waals surface area contributed by atoms with E-state index in [2.05, 4.69) is 51.2 Å². The zero-order chi connectivity index (χ0) is 13.2. The lowest BCUT2D eigenvalue weighted by Gasteiger charge is -2.39. The summed E-state index contributed by atoms with van der Waals surface area (Å²) < 4.78 is 6.10. The Kier molecular flexibility index (Phi) is 4.08. The van der Waals surface area contributed by atoms with Crippen LogP contribution in [0.25, 0.3) is 0 Å². The fourth-order valence-corrected chi connectivity index (χ4v) is 3.00. The second-order valence-electron chi connectivity index (χ2n) is 5.70. The molecule has 0 aromatic heterocycles. The Morgan fingerprint density at radius 2 is 1.94 bits per heavy atom. The van der Waals surface area contributed by atoms with Crippen LogP contribution in [0.5, 0.6) is 0 Å². The van der Waals surface area contributed by atoms with Crippen LogP contribution in [0.3, 0.4) is 0 Å². The molecule has 1 aromatic rings. The summed E-state index contributed by atoms with van der Waals surface area (Å²) in [4.78, 5) is 0. The smallest absolute Gasteiger partial charge is 0.0918 e. The topological polar surface area (TPSA) is 21.3 Å². The van der Waals surface area contributed by atoms with Gasteiger partial charge in [0.1, 0.15) is 0 Å². The molecule has 2 nitrogen and oxygen atoms in total. The second-order valence-corrected chi connectivity index (χ2v) is 5.70. The van der Waals surface area contributed by atoms with E-state index in [4.69, 9.17) is 4.74 Å². The molecule has 0 spiro atoms. The molecule has 0 bridgehead atoms. The van der Waals surface area contributed by atoms with Crippen molar-refractivity contribution >= 4 is 0 Å². The van der Waals surface area contributed by atoms with Gasteiger partial charge in [-0.1, -0.05) is 36.2 Å². The third-order valence-electron chi connectivity index (χ3n) is 3.85. The van der Waals surface area contributed by atoms with Crippen molar-refractivity contribution in [1.29, 1.82) is 0 Å². The van der Waals surface area contributed by atoms with Crippen LogP contribution in [0.2, 0.25) is 0 Å². The fraction of sp³-hybridized carbons (Fsp3) is 0.625. The van der Waals surface area contributed by atoms with Crippen molar-refractivity contribution in [3.05, 3.63) is 34.9 Å². The Morgan fingerprint density at radius 1 is 1.28 bits per heavy atom. The molecule has 18 heavy (non-hydrogen) atoms. The maximum atomic E-state index is 6.10. The van der Waals surface area contributed by atoms with Crippen LogP contribution >= 0.6 is 0 Å². The highest BCUT2D eigenvalue weighted by atomic mass is 16.5. The van der Waals surface area contributed by atoms with Crippen molar-refractivity contribution in [2.45, 2.75) is 52.2 Å². The first kappa shape index (κ1) is 13.6. The molecule has 1 fully saturated rings. The van der Waals surface area contributed by atoms with E-state index in [-0.39, 0.29) is 5.60 Å². The van der Waals surface area contributed by atoms with Crippen LogP contribution in [0, 0.1) is 13.8 Å². The van der Waals surface area contributed by atoms with Crippen LogP contribution in [-0.4, -0.2) is 19.2 Å². The Morgan fingerprint density at radius 3 is 2.56 bits per heavy atom. The summed E-state index contributed by atoms with van der Waals surface area (Å²) in [6.07, 6.45) is 2.18. The van der Waals surface area contributed by atoms with E-state index in [0.29, 0.717) is 6.04 Å². The van der Waals surface area contributed by atoms with Gasteiger partial charge in [0.25, 0.3) is 0 Å². The molecule has 100 valence electrons. The lowest BCUT2D eigenvalue weighted by Crippen LogP contribution is -2.43. The standard InChI is InChI=1S/C16H25NO/c1-5-17-15-6-7-18-16(4,11-15)14-9-12(2)8-13(3)10-14/h8-10,15,17H,5-7,11H2,1-4H3. The van der Waals surface area contributed by atoms with Crippen LogP contribution in [0.15, 0.2) is 18.2 Å². The first-order valence-corrected chi connectivity index (χ1v) is 6.99. The van der Waals surface area contributed by atoms with Gasteiger partial charge in [0, 0.05) is 12.6 Å². The van der Waals surface area contributed by atoms with E-state index < -0.39 is 0 Å². The normalized spacial score (nSPS) is 28.3. The summed E-state index contributed by atoms with van der Waals surface area (Å²) in [5.74, 6) is 0. The van der Waals surface area contributed by atoms with Crippen molar-refractivity contribution in [3.63, 3.8) is 0 Å². The van der Waals surface area contributed by atoms with E-state index in [1.165, 1.54) is 16.7 Å². The molecule has 0 saturated carbocycles. The van der Waals surface area contributed by atoms with Gasteiger partial charge in [0.05, 0.1) is 5.60 Å². The van der Waals surface area contributed by atoms with Crippen LogP contribution < -0.4 is 5.32 Å². The maximum Gasteiger partial charge on any atom is 0.0918 e. The van der Waals surface area contributed by atoms with E-state index in [1.807, 2.05) is 0 Å². The summed E-state index contributed by atoms with van der Waals surface area (Å²) in [6, 6.07) is 7.33. The Balaban J connectivity index is 2.23. The number of hydrogen-bond acceptors (Lipinski definition) is 2. The third-order valence-corrected chi connectivity index (χ3v) is 3.85. The Labute approximate surface area is 111 Å². The van der Waals surface area contributed by atoms with Crippen LogP contribution in [0.1, 0.15) is 43.4 Å². The zero-order valence-electron chi connectivity index (χ0n) is 12.0. The molecule has 1 aromatic carbocycles. The minimum absolute atomic E-state index is 0.137. The number of nitrogens with one attached hydrogen (secondary N) is 1. The zero-order valence-corrected chi connectivity index (χ0v) is 12.0.